The Morgan fingerprint density at radius 1 is 1.35 bits per heavy atom. The van der Waals surface area contributed by atoms with Crippen molar-refractivity contribution in [2.24, 2.45) is 0 Å². The minimum absolute atomic E-state index is 0.160. The number of thioether (sulfide) groups is 1. The van der Waals surface area contributed by atoms with Crippen LogP contribution in [-0.2, 0) is 6.54 Å². The maximum absolute atomic E-state index is 11.6. The van der Waals surface area contributed by atoms with Gasteiger partial charge >= 0.3 is 5.69 Å². The van der Waals surface area contributed by atoms with Gasteiger partial charge < -0.3 is 0 Å². The van der Waals surface area contributed by atoms with Crippen LogP contribution in [-0.4, -0.2) is 21.0 Å². The van der Waals surface area contributed by atoms with Gasteiger partial charge in [-0.2, -0.15) is 0 Å². The number of nitrogens with zero attached hydrogens (tertiary/aromatic N) is 2. The van der Waals surface area contributed by atoms with E-state index in [9.17, 15) is 4.79 Å². The van der Waals surface area contributed by atoms with Crippen LogP contribution in [0.15, 0.2) is 28.2 Å². The molecule has 17 heavy (non-hydrogen) atoms. The van der Waals surface area contributed by atoms with E-state index in [4.69, 9.17) is 0 Å². The molecular formula is C12H15N3OS. The van der Waals surface area contributed by atoms with Crippen LogP contribution in [0.5, 0.6) is 0 Å². The molecule has 0 bridgehead atoms. The molecule has 0 fully saturated rings. The third kappa shape index (κ3) is 2.61. The van der Waals surface area contributed by atoms with Crippen molar-refractivity contribution in [1.29, 1.82) is 0 Å². The fourth-order valence-corrected chi connectivity index (χ4v) is 1.98. The predicted octanol–water partition coefficient (Wildman–Crippen LogP) is 1.96. The minimum atomic E-state index is -0.160. The lowest BCUT2D eigenvalue weighted by molar-refractivity contribution is 0.645. The van der Waals surface area contributed by atoms with Crippen LogP contribution in [0, 0.1) is 13.8 Å². The molecule has 0 aliphatic heterocycles. The molecule has 0 radical (unpaired) electrons. The van der Waals surface area contributed by atoms with Gasteiger partial charge in [0.25, 0.3) is 0 Å². The van der Waals surface area contributed by atoms with Crippen LogP contribution in [0.3, 0.4) is 0 Å². The van der Waals surface area contributed by atoms with E-state index >= 15 is 0 Å². The van der Waals surface area contributed by atoms with Crippen molar-refractivity contribution in [1.82, 2.24) is 14.8 Å². The van der Waals surface area contributed by atoms with Gasteiger partial charge in [0, 0.05) is 0 Å². The largest absolute Gasteiger partial charge is 0.344 e. The zero-order valence-electron chi connectivity index (χ0n) is 10.2. The summed E-state index contributed by atoms with van der Waals surface area (Å²) in [5.74, 6) is 0. The highest BCUT2D eigenvalue weighted by molar-refractivity contribution is 7.98. The molecule has 5 heteroatoms. The standard InChI is InChI=1S/C12H15N3OS/c1-8-4-5-10(6-9(8)2)7-15-12(16)13-11(14-15)17-3/h4-6H,7H2,1-3H3,(H,13,14,16). The average molecular weight is 249 g/mol. The molecule has 2 rings (SSSR count). The number of aromatic amines is 1. The van der Waals surface area contributed by atoms with Crippen LogP contribution in [0.2, 0.25) is 0 Å². The molecule has 2 aromatic rings. The van der Waals surface area contributed by atoms with Gasteiger partial charge in [0.15, 0.2) is 5.16 Å². The summed E-state index contributed by atoms with van der Waals surface area (Å²) < 4.78 is 1.45. The number of nitrogens with one attached hydrogen (secondary N) is 1. The quantitative estimate of drug-likeness (QED) is 0.846. The Kier molecular flexibility index (Phi) is 3.38. The van der Waals surface area contributed by atoms with Gasteiger partial charge in [-0.1, -0.05) is 30.0 Å². The molecule has 4 nitrogen and oxygen atoms in total. The summed E-state index contributed by atoms with van der Waals surface area (Å²) in [5, 5.41) is 4.84. The van der Waals surface area contributed by atoms with E-state index in [-0.39, 0.29) is 5.69 Å². The van der Waals surface area contributed by atoms with Crippen molar-refractivity contribution in [3.63, 3.8) is 0 Å². The van der Waals surface area contributed by atoms with Gasteiger partial charge in [-0.05, 0) is 36.8 Å². The van der Waals surface area contributed by atoms with Gasteiger partial charge in [0.05, 0.1) is 6.54 Å². The van der Waals surface area contributed by atoms with Gasteiger partial charge in [0.1, 0.15) is 0 Å². The molecular weight excluding hydrogens is 234 g/mol. The number of rotatable bonds is 3. The van der Waals surface area contributed by atoms with E-state index in [0.717, 1.165) is 5.56 Å². The van der Waals surface area contributed by atoms with Crippen molar-refractivity contribution in [2.45, 2.75) is 25.5 Å². The summed E-state index contributed by atoms with van der Waals surface area (Å²) in [5.41, 5.74) is 3.42. The van der Waals surface area contributed by atoms with E-state index < -0.39 is 0 Å². The summed E-state index contributed by atoms with van der Waals surface area (Å²) in [7, 11) is 0. The van der Waals surface area contributed by atoms with E-state index in [1.54, 1.807) is 0 Å². The fraction of sp³-hybridized carbons (Fsp3) is 0.333. The Labute approximate surface area is 104 Å². The second-order valence-electron chi connectivity index (χ2n) is 4.02. The highest BCUT2D eigenvalue weighted by Crippen LogP contribution is 2.11. The summed E-state index contributed by atoms with van der Waals surface area (Å²) in [6, 6.07) is 6.19. The van der Waals surface area contributed by atoms with E-state index in [1.807, 2.05) is 12.3 Å². The molecule has 90 valence electrons. The van der Waals surface area contributed by atoms with Gasteiger partial charge in [-0.25, -0.2) is 9.48 Å². The minimum Gasteiger partial charge on any atom is -0.284 e. The van der Waals surface area contributed by atoms with Crippen molar-refractivity contribution in [2.75, 3.05) is 6.26 Å². The highest BCUT2D eigenvalue weighted by Gasteiger charge is 2.05. The zero-order chi connectivity index (χ0) is 12.4. The number of hydrogen-bond acceptors (Lipinski definition) is 3. The van der Waals surface area contributed by atoms with Crippen LogP contribution in [0.25, 0.3) is 0 Å². The molecule has 0 amide bonds. The smallest absolute Gasteiger partial charge is 0.284 e. The monoisotopic (exact) mass is 249 g/mol. The average Bonchev–Trinajstić information content (AvgIpc) is 2.65. The number of hydrogen-bond donors (Lipinski definition) is 1. The first-order chi connectivity index (χ1) is 8.10. The van der Waals surface area contributed by atoms with Crippen molar-refractivity contribution in [3.8, 4) is 0 Å². The Morgan fingerprint density at radius 3 is 2.71 bits per heavy atom. The number of aryl methyl sites for hydroxylation is 2. The summed E-state index contributed by atoms with van der Waals surface area (Å²) in [6.45, 7) is 4.65. The predicted molar refractivity (Wildman–Crippen MR) is 69.6 cm³/mol. The Bertz CT molecular complexity index is 586. The first kappa shape index (κ1) is 12.0. The van der Waals surface area contributed by atoms with Gasteiger partial charge in [0.2, 0.25) is 0 Å². The molecule has 0 saturated carbocycles. The van der Waals surface area contributed by atoms with Crippen LogP contribution in [0.1, 0.15) is 16.7 Å². The van der Waals surface area contributed by atoms with Crippen LogP contribution < -0.4 is 5.69 Å². The summed E-state index contributed by atoms with van der Waals surface area (Å²) in [4.78, 5) is 14.3. The van der Waals surface area contributed by atoms with Crippen molar-refractivity contribution in [3.05, 3.63) is 45.4 Å². The molecule has 0 spiro atoms. The Morgan fingerprint density at radius 2 is 2.12 bits per heavy atom. The summed E-state index contributed by atoms with van der Waals surface area (Å²) >= 11 is 1.43. The molecule has 0 aliphatic rings. The first-order valence-electron chi connectivity index (χ1n) is 5.37. The third-order valence-corrected chi connectivity index (χ3v) is 3.33. The zero-order valence-corrected chi connectivity index (χ0v) is 11.0. The lowest BCUT2D eigenvalue weighted by Gasteiger charge is -2.04. The molecule has 0 atom stereocenters. The van der Waals surface area contributed by atoms with Crippen molar-refractivity contribution >= 4 is 11.8 Å². The van der Waals surface area contributed by atoms with E-state index in [1.165, 1.54) is 27.6 Å². The van der Waals surface area contributed by atoms with Gasteiger partial charge in [-0.15, -0.1) is 5.10 Å². The first-order valence-corrected chi connectivity index (χ1v) is 6.60. The normalized spacial score (nSPS) is 10.8. The van der Waals surface area contributed by atoms with Gasteiger partial charge in [-0.3, -0.25) is 4.98 Å². The van der Waals surface area contributed by atoms with Crippen molar-refractivity contribution < 1.29 is 0 Å². The molecule has 0 aliphatic carbocycles. The summed E-state index contributed by atoms with van der Waals surface area (Å²) in [6.07, 6.45) is 1.89. The number of aromatic nitrogens is 3. The second kappa shape index (κ2) is 4.79. The molecule has 1 aromatic carbocycles. The van der Waals surface area contributed by atoms with E-state index in [2.05, 4.69) is 36.1 Å². The Balaban J connectivity index is 2.28. The number of H-pyrrole nitrogens is 1. The van der Waals surface area contributed by atoms with E-state index in [0.29, 0.717) is 11.7 Å². The molecule has 1 heterocycles. The highest BCUT2D eigenvalue weighted by atomic mass is 32.2. The lowest BCUT2D eigenvalue weighted by atomic mass is 10.1. The third-order valence-electron chi connectivity index (χ3n) is 2.76. The lowest BCUT2D eigenvalue weighted by Crippen LogP contribution is -2.18. The van der Waals surface area contributed by atoms with Crippen LogP contribution in [0.4, 0.5) is 0 Å². The fourth-order valence-electron chi connectivity index (χ4n) is 1.61. The molecule has 0 saturated heterocycles. The molecule has 0 unspecified atom stereocenters. The molecule has 1 aromatic heterocycles. The van der Waals surface area contributed by atoms with Crippen LogP contribution >= 0.6 is 11.8 Å². The number of benzene rings is 1. The second-order valence-corrected chi connectivity index (χ2v) is 4.81. The maximum Gasteiger partial charge on any atom is 0.344 e. The Hall–Kier alpha value is -1.49. The topological polar surface area (TPSA) is 50.7 Å². The SMILES string of the molecule is CSc1nn(Cc2ccc(C)c(C)c2)c(=O)[nH]1. The maximum atomic E-state index is 11.6. The molecule has 1 N–H and O–H groups in total.